The van der Waals surface area contributed by atoms with Crippen LogP contribution >= 0.6 is 15.9 Å². The van der Waals surface area contributed by atoms with Crippen molar-refractivity contribution < 1.29 is 4.79 Å². The first kappa shape index (κ1) is 15.5. The Bertz CT molecular complexity index is 489. The van der Waals surface area contributed by atoms with Gasteiger partial charge < -0.3 is 11.1 Å². The van der Waals surface area contributed by atoms with Crippen LogP contribution in [0.2, 0.25) is 0 Å². The van der Waals surface area contributed by atoms with Gasteiger partial charge in [0.15, 0.2) is 0 Å². The Labute approximate surface area is 129 Å². The van der Waals surface area contributed by atoms with E-state index in [0.717, 1.165) is 23.7 Å². The molecule has 1 aliphatic rings. The van der Waals surface area contributed by atoms with Crippen molar-refractivity contribution in [3.63, 3.8) is 0 Å². The minimum Gasteiger partial charge on any atom is -0.355 e. The maximum Gasteiger partial charge on any atom is 0.227 e. The number of carbonyl (C=O) groups is 1. The second-order valence-corrected chi connectivity index (χ2v) is 7.24. The average Bonchev–Trinajstić information content (AvgIpc) is 2.36. The molecule has 2 rings (SSSR count). The molecule has 0 saturated heterocycles. The lowest BCUT2D eigenvalue weighted by molar-refractivity contribution is -0.135. The van der Waals surface area contributed by atoms with E-state index in [1.54, 1.807) is 0 Å². The van der Waals surface area contributed by atoms with Gasteiger partial charge in [0.05, 0.1) is 5.41 Å². The molecule has 1 amide bonds. The van der Waals surface area contributed by atoms with Crippen LogP contribution in [0.15, 0.2) is 28.7 Å². The van der Waals surface area contributed by atoms with Crippen molar-refractivity contribution in [1.82, 2.24) is 5.32 Å². The molecule has 4 heteroatoms. The average molecular weight is 339 g/mol. The van der Waals surface area contributed by atoms with Crippen LogP contribution in [0.1, 0.15) is 38.7 Å². The van der Waals surface area contributed by atoms with Crippen molar-refractivity contribution >= 4 is 21.8 Å². The second kappa shape index (κ2) is 5.86. The summed E-state index contributed by atoms with van der Waals surface area (Å²) in [7, 11) is 0. The summed E-state index contributed by atoms with van der Waals surface area (Å²) in [6, 6.07) is 8.15. The molecule has 3 N–H and O–H groups in total. The van der Waals surface area contributed by atoms with Crippen molar-refractivity contribution in [3.8, 4) is 0 Å². The van der Waals surface area contributed by atoms with Gasteiger partial charge in [-0.1, -0.05) is 54.4 Å². The number of amides is 1. The molecular weight excluding hydrogens is 316 g/mol. The Kier molecular flexibility index (Phi) is 4.55. The molecule has 0 atom stereocenters. The Morgan fingerprint density at radius 3 is 2.55 bits per heavy atom. The number of benzene rings is 1. The summed E-state index contributed by atoms with van der Waals surface area (Å²) in [4.78, 5) is 12.3. The van der Waals surface area contributed by atoms with E-state index < -0.39 is 0 Å². The summed E-state index contributed by atoms with van der Waals surface area (Å²) in [5.41, 5.74) is 6.56. The van der Waals surface area contributed by atoms with Crippen LogP contribution in [-0.2, 0) is 10.2 Å². The Balaban J connectivity index is 2.03. The van der Waals surface area contributed by atoms with Gasteiger partial charge in [-0.2, -0.15) is 0 Å². The lowest BCUT2D eigenvalue weighted by atomic mass is 9.68. The molecule has 0 heterocycles. The van der Waals surface area contributed by atoms with Crippen molar-refractivity contribution in [2.45, 2.75) is 38.5 Å². The van der Waals surface area contributed by atoms with E-state index in [0.29, 0.717) is 13.1 Å². The number of rotatable bonds is 5. The molecule has 1 saturated carbocycles. The summed E-state index contributed by atoms with van der Waals surface area (Å²) in [6.07, 6.45) is 2.95. The van der Waals surface area contributed by atoms with Crippen LogP contribution < -0.4 is 11.1 Å². The number of nitrogens with two attached hydrogens (primary N) is 1. The van der Waals surface area contributed by atoms with E-state index in [1.807, 2.05) is 18.2 Å². The molecule has 1 aliphatic carbocycles. The lowest BCUT2D eigenvalue weighted by Gasteiger charge is -2.40. The highest BCUT2D eigenvalue weighted by atomic mass is 79.9. The van der Waals surface area contributed by atoms with Gasteiger partial charge in [-0.05, 0) is 24.5 Å². The molecule has 1 aromatic carbocycles. The number of hydrogen-bond acceptors (Lipinski definition) is 2. The summed E-state index contributed by atoms with van der Waals surface area (Å²) < 4.78 is 1.08. The molecule has 0 unspecified atom stereocenters. The van der Waals surface area contributed by atoms with Gasteiger partial charge in [0.25, 0.3) is 0 Å². The zero-order valence-corrected chi connectivity index (χ0v) is 13.8. The zero-order valence-electron chi connectivity index (χ0n) is 12.2. The fraction of sp³-hybridized carbons (Fsp3) is 0.562. The number of carbonyl (C=O) groups excluding carboxylic acids is 1. The molecule has 0 bridgehead atoms. The normalized spacial score (nSPS) is 17.4. The fourth-order valence-electron chi connectivity index (χ4n) is 2.72. The van der Waals surface area contributed by atoms with Gasteiger partial charge in [-0.25, -0.2) is 0 Å². The van der Waals surface area contributed by atoms with E-state index in [9.17, 15) is 4.79 Å². The van der Waals surface area contributed by atoms with Crippen LogP contribution in [0.4, 0.5) is 0 Å². The number of nitrogens with one attached hydrogen (secondary N) is 1. The van der Waals surface area contributed by atoms with E-state index in [-0.39, 0.29) is 16.7 Å². The van der Waals surface area contributed by atoms with Crippen molar-refractivity contribution in [3.05, 3.63) is 34.3 Å². The monoisotopic (exact) mass is 338 g/mol. The van der Waals surface area contributed by atoms with Gasteiger partial charge in [0, 0.05) is 23.0 Å². The molecule has 110 valence electrons. The van der Waals surface area contributed by atoms with Crippen molar-refractivity contribution in [1.29, 1.82) is 0 Å². The molecule has 20 heavy (non-hydrogen) atoms. The summed E-state index contributed by atoms with van der Waals surface area (Å²) in [6.45, 7) is 5.36. The Morgan fingerprint density at radius 2 is 2.05 bits per heavy atom. The highest BCUT2D eigenvalue weighted by Crippen LogP contribution is 2.40. The first-order chi connectivity index (χ1) is 9.41. The predicted octanol–water partition coefficient (Wildman–Crippen LogP) is 2.97. The van der Waals surface area contributed by atoms with Crippen LogP contribution in [-0.4, -0.2) is 19.0 Å². The topological polar surface area (TPSA) is 55.1 Å². The van der Waals surface area contributed by atoms with Crippen LogP contribution in [0.25, 0.3) is 0 Å². The molecule has 0 aromatic heterocycles. The van der Waals surface area contributed by atoms with E-state index >= 15 is 0 Å². The summed E-state index contributed by atoms with van der Waals surface area (Å²) in [5.74, 6) is 0.117. The maximum atomic E-state index is 12.3. The lowest BCUT2D eigenvalue weighted by Crippen LogP contribution is -2.52. The van der Waals surface area contributed by atoms with Gasteiger partial charge in [0.1, 0.15) is 0 Å². The first-order valence-corrected chi connectivity index (χ1v) is 7.94. The van der Waals surface area contributed by atoms with Crippen molar-refractivity contribution in [2.75, 3.05) is 13.1 Å². The third-order valence-corrected chi connectivity index (χ3v) is 5.17. The zero-order chi connectivity index (χ0) is 14.8. The molecule has 0 spiro atoms. The third-order valence-electron chi connectivity index (χ3n) is 4.48. The minimum atomic E-state index is -0.302. The molecule has 1 aromatic rings. The summed E-state index contributed by atoms with van der Waals surface area (Å²) >= 11 is 3.58. The van der Waals surface area contributed by atoms with Crippen molar-refractivity contribution in [2.24, 2.45) is 11.1 Å². The standard InChI is InChI=1S/C16H23BrN2O/c1-15(2,12-6-3-4-7-13(12)17)11-19-14(20)16(10-18)8-5-9-16/h3-4,6-7H,5,8-11,18H2,1-2H3,(H,19,20). The van der Waals surface area contributed by atoms with Crippen LogP contribution in [0.5, 0.6) is 0 Å². The quantitative estimate of drug-likeness (QED) is 0.867. The maximum absolute atomic E-state index is 12.3. The third kappa shape index (κ3) is 2.91. The largest absolute Gasteiger partial charge is 0.355 e. The van der Waals surface area contributed by atoms with Gasteiger partial charge >= 0.3 is 0 Å². The number of hydrogen-bond donors (Lipinski definition) is 2. The minimum absolute atomic E-state index is 0.116. The predicted molar refractivity (Wildman–Crippen MR) is 85.5 cm³/mol. The fourth-order valence-corrected chi connectivity index (χ4v) is 3.54. The van der Waals surface area contributed by atoms with Crippen LogP contribution in [0.3, 0.4) is 0 Å². The van der Waals surface area contributed by atoms with Crippen LogP contribution in [0, 0.1) is 5.41 Å². The van der Waals surface area contributed by atoms with E-state index in [1.165, 1.54) is 5.56 Å². The second-order valence-electron chi connectivity index (χ2n) is 6.38. The SMILES string of the molecule is CC(C)(CNC(=O)C1(CN)CCC1)c1ccccc1Br. The Hall–Kier alpha value is -0.870. The smallest absolute Gasteiger partial charge is 0.227 e. The number of halogens is 1. The highest BCUT2D eigenvalue weighted by Gasteiger charge is 2.43. The summed E-state index contributed by atoms with van der Waals surface area (Å²) in [5, 5.41) is 3.10. The van der Waals surface area contributed by atoms with Gasteiger partial charge in [-0.3, -0.25) is 4.79 Å². The van der Waals surface area contributed by atoms with E-state index in [2.05, 4.69) is 41.2 Å². The molecule has 0 radical (unpaired) electrons. The molecule has 1 fully saturated rings. The first-order valence-electron chi connectivity index (χ1n) is 7.15. The molecular formula is C16H23BrN2O. The van der Waals surface area contributed by atoms with Gasteiger partial charge in [0.2, 0.25) is 5.91 Å². The Morgan fingerprint density at radius 1 is 1.40 bits per heavy atom. The molecule has 3 nitrogen and oxygen atoms in total. The highest BCUT2D eigenvalue weighted by molar-refractivity contribution is 9.10. The van der Waals surface area contributed by atoms with Gasteiger partial charge in [-0.15, -0.1) is 0 Å². The van der Waals surface area contributed by atoms with E-state index in [4.69, 9.17) is 5.73 Å². The molecule has 0 aliphatic heterocycles.